The Balaban J connectivity index is 1.88. The molecule has 4 nitrogen and oxygen atoms in total. The number of nitrogens with zero attached hydrogens (tertiary/aromatic N) is 1. The molecule has 0 unspecified atom stereocenters. The second-order valence-electron chi connectivity index (χ2n) is 6.04. The minimum Gasteiger partial charge on any atom is -0.480 e. The van der Waals surface area contributed by atoms with Crippen LogP contribution < -0.4 is 0 Å². The van der Waals surface area contributed by atoms with Gasteiger partial charge in [0, 0.05) is 12.5 Å². The van der Waals surface area contributed by atoms with Gasteiger partial charge in [0.25, 0.3) is 0 Å². The molecule has 0 atom stereocenters. The first kappa shape index (κ1) is 15.5. The van der Waals surface area contributed by atoms with Crippen LogP contribution in [-0.2, 0) is 16.0 Å². The van der Waals surface area contributed by atoms with E-state index in [0.29, 0.717) is 18.8 Å². The lowest BCUT2D eigenvalue weighted by atomic mass is 10.0. The first-order valence-electron chi connectivity index (χ1n) is 7.57. The minimum atomic E-state index is -0.934. The summed E-state index contributed by atoms with van der Waals surface area (Å²) in [4.78, 5) is 24.5. The van der Waals surface area contributed by atoms with Gasteiger partial charge in [0.1, 0.15) is 6.54 Å². The van der Waals surface area contributed by atoms with Gasteiger partial charge in [-0.15, -0.1) is 0 Å². The van der Waals surface area contributed by atoms with Gasteiger partial charge in [-0.25, -0.2) is 0 Å². The summed E-state index contributed by atoms with van der Waals surface area (Å²) in [6.07, 6.45) is 2.91. The molecular formula is C17H23NO3. The highest BCUT2D eigenvalue weighted by Gasteiger charge is 2.33. The van der Waals surface area contributed by atoms with Crippen molar-refractivity contribution in [3.63, 3.8) is 0 Å². The van der Waals surface area contributed by atoms with Crippen molar-refractivity contribution < 1.29 is 14.7 Å². The van der Waals surface area contributed by atoms with Crippen LogP contribution in [0.5, 0.6) is 0 Å². The Morgan fingerprint density at radius 3 is 2.33 bits per heavy atom. The first-order valence-corrected chi connectivity index (χ1v) is 7.57. The van der Waals surface area contributed by atoms with Crippen molar-refractivity contribution in [3.05, 3.63) is 35.4 Å². The number of carboxylic acids is 1. The van der Waals surface area contributed by atoms with E-state index in [1.807, 2.05) is 0 Å². The molecule has 0 radical (unpaired) electrons. The topological polar surface area (TPSA) is 57.6 Å². The summed E-state index contributed by atoms with van der Waals surface area (Å²) in [7, 11) is 0. The summed E-state index contributed by atoms with van der Waals surface area (Å²) in [6, 6.07) is 8.46. The standard InChI is InChI=1S/C17H23NO3/c1-12(2)14-6-3-13(4-7-14)5-10-16(19)18(11-17(20)21)15-8-9-15/h3-4,6-7,12,15H,5,8-11H2,1-2H3,(H,20,21). The molecule has 1 saturated carbocycles. The molecule has 4 heteroatoms. The highest BCUT2D eigenvalue weighted by Crippen LogP contribution is 2.27. The predicted octanol–water partition coefficient (Wildman–Crippen LogP) is 2.82. The molecule has 0 saturated heterocycles. The van der Waals surface area contributed by atoms with Crippen molar-refractivity contribution >= 4 is 11.9 Å². The molecule has 0 spiro atoms. The Hall–Kier alpha value is -1.84. The molecule has 1 amide bonds. The van der Waals surface area contributed by atoms with Crippen molar-refractivity contribution in [1.82, 2.24) is 4.90 Å². The summed E-state index contributed by atoms with van der Waals surface area (Å²) >= 11 is 0. The van der Waals surface area contributed by atoms with E-state index < -0.39 is 5.97 Å². The Bertz CT molecular complexity index is 503. The summed E-state index contributed by atoms with van der Waals surface area (Å²) in [5.41, 5.74) is 2.41. The normalized spacial score (nSPS) is 14.2. The fraction of sp³-hybridized carbons (Fsp3) is 0.529. The number of benzene rings is 1. The Morgan fingerprint density at radius 2 is 1.86 bits per heavy atom. The van der Waals surface area contributed by atoms with Crippen LogP contribution in [0.15, 0.2) is 24.3 Å². The molecule has 1 aliphatic carbocycles. The van der Waals surface area contributed by atoms with Gasteiger partial charge in [0.2, 0.25) is 5.91 Å². The largest absolute Gasteiger partial charge is 0.480 e. The molecule has 1 aromatic rings. The van der Waals surface area contributed by atoms with Crippen LogP contribution >= 0.6 is 0 Å². The lowest BCUT2D eigenvalue weighted by Gasteiger charge is -2.20. The Kier molecular flexibility index (Phi) is 4.99. The number of aryl methyl sites for hydroxylation is 1. The van der Waals surface area contributed by atoms with Crippen molar-refractivity contribution in [2.75, 3.05) is 6.54 Å². The lowest BCUT2D eigenvalue weighted by molar-refractivity contribution is -0.144. The maximum Gasteiger partial charge on any atom is 0.323 e. The fourth-order valence-electron chi connectivity index (χ4n) is 2.42. The summed E-state index contributed by atoms with van der Waals surface area (Å²) < 4.78 is 0. The fourth-order valence-corrected chi connectivity index (χ4v) is 2.42. The Labute approximate surface area is 125 Å². The van der Waals surface area contributed by atoms with Gasteiger partial charge in [-0.3, -0.25) is 9.59 Å². The summed E-state index contributed by atoms with van der Waals surface area (Å²) in [5.74, 6) is -0.481. The van der Waals surface area contributed by atoms with Crippen LogP contribution in [0.3, 0.4) is 0 Å². The van der Waals surface area contributed by atoms with Crippen LogP contribution in [-0.4, -0.2) is 34.5 Å². The number of rotatable bonds is 7. The third-order valence-corrected chi connectivity index (χ3v) is 3.89. The average Bonchev–Trinajstić information content (AvgIpc) is 3.27. The molecule has 0 heterocycles. The van der Waals surface area contributed by atoms with Gasteiger partial charge < -0.3 is 10.0 Å². The van der Waals surface area contributed by atoms with Crippen molar-refractivity contribution in [1.29, 1.82) is 0 Å². The SMILES string of the molecule is CC(C)c1ccc(CCC(=O)N(CC(=O)O)C2CC2)cc1. The van der Waals surface area contributed by atoms with Gasteiger partial charge in [0.05, 0.1) is 0 Å². The number of hydrogen-bond donors (Lipinski definition) is 1. The number of hydrogen-bond acceptors (Lipinski definition) is 2. The minimum absolute atomic E-state index is 0.0483. The lowest BCUT2D eigenvalue weighted by Crippen LogP contribution is -2.37. The molecular weight excluding hydrogens is 266 g/mol. The molecule has 1 aromatic carbocycles. The second-order valence-corrected chi connectivity index (χ2v) is 6.04. The van der Waals surface area contributed by atoms with E-state index in [9.17, 15) is 9.59 Å². The van der Waals surface area contributed by atoms with Gasteiger partial charge in [-0.1, -0.05) is 38.1 Å². The van der Waals surface area contributed by atoms with Crippen LogP contribution in [0.1, 0.15) is 50.2 Å². The van der Waals surface area contributed by atoms with Crippen molar-refractivity contribution in [2.24, 2.45) is 0 Å². The van der Waals surface area contributed by atoms with E-state index in [-0.39, 0.29) is 18.5 Å². The maximum atomic E-state index is 12.2. The number of aliphatic carboxylic acids is 1. The van der Waals surface area contributed by atoms with Gasteiger partial charge in [-0.2, -0.15) is 0 Å². The molecule has 114 valence electrons. The average molecular weight is 289 g/mol. The zero-order chi connectivity index (χ0) is 15.4. The van der Waals surface area contributed by atoms with Gasteiger partial charge in [0.15, 0.2) is 0 Å². The molecule has 0 aromatic heterocycles. The second kappa shape index (κ2) is 6.74. The molecule has 1 aliphatic rings. The van der Waals surface area contributed by atoms with E-state index >= 15 is 0 Å². The number of carbonyl (C=O) groups excluding carboxylic acids is 1. The van der Waals surface area contributed by atoms with E-state index in [1.165, 1.54) is 10.5 Å². The molecule has 0 bridgehead atoms. The van der Waals surface area contributed by atoms with Gasteiger partial charge in [-0.05, 0) is 36.3 Å². The zero-order valence-electron chi connectivity index (χ0n) is 12.7. The number of carbonyl (C=O) groups is 2. The van der Waals surface area contributed by atoms with Crippen LogP contribution in [0.4, 0.5) is 0 Å². The smallest absolute Gasteiger partial charge is 0.323 e. The monoisotopic (exact) mass is 289 g/mol. The van der Waals surface area contributed by atoms with E-state index in [1.54, 1.807) is 0 Å². The zero-order valence-corrected chi connectivity index (χ0v) is 12.7. The maximum absolute atomic E-state index is 12.2. The number of amides is 1. The third kappa shape index (κ3) is 4.59. The molecule has 1 fully saturated rings. The predicted molar refractivity (Wildman–Crippen MR) is 81.2 cm³/mol. The number of carboxylic acid groups (broad SMARTS) is 1. The van der Waals surface area contributed by atoms with Crippen LogP contribution in [0.25, 0.3) is 0 Å². The third-order valence-electron chi connectivity index (χ3n) is 3.89. The molecule has 0 aliphatic heterocycles. The quantitative estimate of drug-likeness (QED) is 0.839. The van der Waals surface area contributed by atoms with Crippen LogP contribution in [0.2, 0.25) is 0 Å². The highest BCUT2D eigenvalue weighted by atomic mass is 16.4. The van der Waals surface area contributed by atoms with Crippen molar-refractivity contribution in [2.45, 2.75) is 51.5 Å². The molecule has 2 rings (SSSR count). The molecule has 21 heavy (non-hydrogen) atoms. The van der Waals surface area contributed by atoms with Gasteiger partial charge >= 0.3 is 5.97 Å². The molecule has 1 N–H and O–H groups in total. The first-order chi connectivity index (χ1) is 9.97. The van der Waals surface area contributed by atoms with Crippen LogP contribution in [0, 0.1) is 0 Å². The highest BCUT2D eigenvalue weighted by molar-refractivity contribution is 5.82. The van der Waals surface area contributed by atoms with Crippen molar-refractivity contribution in [3.8, 4) is 0 Å². The van der Waals surface area contributed by atoms with E-state index in [4.69, 9.17) is 5.11 Å². The van der Waals surface area contributed by atoms with E-state index in [0.717, 1.165) is 18.4 Å². The summed E-state index contributed by atoms with van der Waals surface area (Å²) in [6.45, 7) is 4.13. The Morgan fingerprint density at radius 1 is 1.24 bits per heavy atom. The van der Waals surface area contributed by atoms with E-state index in [2.05, 4.69) is 38.1 Å². The summed E-state index contributed by atoms with van der Waals surface area (Å²) in [5, 5.41) is 8.88.